The molecular formula is C14H14FN3O2. The number of hydrogen-bond donors (Lipinski definition) is 0. The van der Waals surface area contributed by atoms with Crippen molar-refractivity contribution in [1.29, 1.82) is 0 Å². The fourth-order valence-electron chi connectivity index (χ4n) is 2.35. The van der Waals surface area contributed by atoms with E-state index in [0.29, 0.717) is 30.4 Å². The summed E-state index contributed by atoms with van der Waals surface area (Å²) in [6.07, 6.45) is 0.945. The van der Waals surface area contributed by atoms with Crippen molar-refractivity contribution in [3.8, 4) is 0 Å². The zero-order valence-electron chi connectivity index (χ0n) is 11.0. The zero-order chi connectivity index (χ0) is 14.1. The van der Waals surface area contributed by atoms with Gasteiger partial charge in [-0.3, -0.25) is 4.79 Å². The zero-order valence-corrected chi connectivity index (χ0v) is 11.0. The van der Waals surface area contributed by atoms with Gasteiger partial charge in [-0.05, 0) is 12.1 Å². The van der Waals surface area contributed by atoms with Crippen LogP contribution in [-0.2, 0) is 11.2 Å². The number of para-hydroxylation sites is 1. The van der Waals surface area contributed by atoms with Crippen LogP contribution in [0, 0.1) is 5.82 Å². The Morgan fingerprint density at radius 3 is 2.95 bits per heavy atom. The summed E-state index contributed by atoms with van der Waals surface area (Å²) < 4.78 is 18.9. The third-order valence-electron chi connectivity index (χ3n) is 3.42. The lowest BCUT2D eigenvalue weighted by molar-refractivity contribution is -0.117. The average Bonchev–Trinajstić information content (AvgIpc) is 3.06. The van der Waals surface area contributed by atoms with Crippen molar-refractivity contribution >= 4 is 11.6 Å². The highest BCUT2D eigenvalue weighted by atomic mass is 19.1. The number of aromatic nitrogens is 2. The molecule has 1 aliphatic rings. The quantitative estimate of drug-likeness (QED) is 0.862. The highest BCUT2D eigenvalue weighted by Gasteiger charge is 2.35. The van der Waals surface area contributed by atoms with Crippen molar-refractivity contribution in [2.24, 2.45) is 0 Å². The Morgan fingerprint density at radius 1 is 1.45 bits per heavy atom. The van der Waals surface area contributed by atoms with Gasteiger partial charge < -0.3 is 9.42 Å². The van der Waals surface area contributed by atoms with E-state index >= 15 is 0 Å². The summed E-state index contributed by atoms with van der Waals surface area (Å²) >= 11 is 0. The predicted octanol–water partition coefficient (Wildman–Crippen LogP) is 2.29. The molecule has 2 aromatic rings. The second-order valence-corrected chi connectivity index (χ2v) is 4.76. The van der Waals surface area contributed by atoms with Crippen LogP contribution >= 0.6 is 0 Å². The van der Waals surface area contributed by atoms with E-state index in [2.05, 4.69) is 10.1 Å². The van der Waals surface area contributed by atoms with Gasteiger partial charge in [0.1, 0.15) is 5.82 Å². The maximum atomic E-state index is 13.8. The Balaban J connectivity index is 1.83. The first-order valence-electron chi connectivity index (χ1n) is 6.56. The molecule has 2 heterocycles. The number of hydrogen-bond acceptors (Lipinski definition) is 4. The topological polar surface area (TPSA) is 59.2 Å². The van der Waals surface area contributed by atoms with E-state index in [-0.39, 0.29) is 18.2 Å². The van der Waals surface area contributed by atoms with Crippen LogP contribution < -0.4 is 4.90 Å². The first-order chi connectivity index (χ1) is 9.69. The van der Waals surface area contributed by atoms with Gasteiger partial charge in [-0.1, -0.05) is 24.2 Å². The van der Waals surface area contributed by atoms with E-state index in [9.17, 15) is 9.18 Å². The third kappa shape index (κ3) is 2.17. The summed E-state index contributed by atoms with van der Waals surface area (Å²) in [5.74, 6) is 0.373. The van der Waals surface area contributed by atoms with Crippen LogP contribution in [-0.4, -0.2) is 22.6 Å². The van der Waals surface area contributed by atoms with Gasteiger partial charge in [0.15, 0.2) is 5.82 Å². The number of amides is 1. The smallest absolute Gasteiger partial charge is 0.232 e. The second kappa shape index (κ2) is 5.03. The van der Waals surface area contributed by atoms with Crippen LogP contribution in [0.4, 0.5) is 10.1 Å². The number of halogens is 1. The minimum Gasteiger partial charge on any atom is -0.339 e. The minimum absolute atomic E-state index is 0.128. The van der Waals surface area contributed by atoms with Gasteiger partial charge in [0.2, 0.25) is 11.8 Å². The fourth-order valence-corrected chi connectivity index (χ4v) is 2.35. The van der Waals surface area contributed by atoms with E-state index in [1.54, 1.807) is 18.2 Å². The van der Waals surface area contributed by atoms with E-state index in [4.69, 9.17) is 4.52 Å². The van der Waals surface area contributed by atoms with Crippen LogP contribution in [0.5, 0.6) is 0 Å². The van der Waals surface area contributed by atoms with Gasteiger partial charge in [0, 0.05) is 19.4 Å². The molecule has 1 aromatic carbocycles. The van der Waals surface area contributed by atoms with Gasteiger partial charge in [0.05, 0.1) is 11.6 Å². The summed E-state index contributed by atoms with van der Waals surface area (Å²) in [4.78, 5) is 17.7. The van der Waals surface area contributed by atoms with Crippen LogP contribution in [0.25, 0.3) is 0 Å². The number of aryl methyl sites for hydroxylation is 1. The molecule has 5 nitrogen and oxygen atoms in total. The molecule has 0 saturated carbocycles. The van der Waals surface area contributed by atoms with E-state index in [1.807, 2.05) is 6.92 Å². The summed E-state index contributed by atoms with van der Waals surface area (Å²) in [7, 11) is 0. The van der Waals surface area contributed by atoms with Crippen LogP contribution in [0.2, 0.25) is 0 Å². The van der Waals surface area contributed by atoms with Crippen LogP contribution in [0.1, 0.15) is 31.0 Å². The molecule has 1 amide bonds. The highest BCUT2D eigenvalue weighted by molar-refractivity contribution is 5.96. The lowest BCUT2D eigenvalue weighted by atomic mass is 10.1. The molecule has 1 aliphatic heterocycles. The summed E-state index contributed by atoms with van der Waals surface area (Å²) in [6.45, 7) is 2.30. The van der Waals surface area contributed by atoms with Crippen molar-refractivity contribution in [3.63, 3.8) is 0 Å². The standard InChI is InChI=1S/C14H14FN3O2/c1-2-12-16-14(20-17-12)9-7-13(19)18(8-9)11-6-4-3-5-10(11)15/h3-6,9H,2,7-8H2,1H3/t9-/m1/s1. The average molecular weight is 275 g/mol. The number of benzene rings is 1. The van der Waals surface area contributed by atoms with Gasteiger partial charge in [-0.15, -0.1) is 0 Å². The van der Waals surface area contributed by atoms with Gasteiger partial charge >= 0.3 is 0 Å². The number of rotatable bonds is 3. The van der Waals surface area contributed by atoms with Gasteiger partial charge in [0.25, 0.3) is 0 Å². The second-order valence-electron chi connectivity index (χ2n) is 4.76. The van der Waals surface area contributed by atoms with Crippen molar-refractivity contribution in [2.75, 3.05) is 11.4 Å². The molecule has 0 aliphatic carbocycles. The summed E-state index contributed by atoms with van der Waals surface area (Å²) in [6, 6.07) is 6.25. The molecule has 20 heavy (non-hydrogen) atoms. The maximum Gasteiger partial charge on any atom is 0.232 e. The largest absolute Gasteiger partial charge is 0.339 e. The van der Waals surface area contributed by atoms with Crippen molar-refractivity contribution in [1.82, 2.24) is 10.1 Å². The van der Waals surface area contributed by atoms with Crippen molar-refractivity contribution < 1.29 is 13.7 Å². The molecule has 1 aromatic heterocycles. The molecule has 0 radical (unpaired) electrons. The van der Waals surface area contributed by atoms with E-state index in [0.717, 1.165) is 0 Å². The molecule has 104 valence electrons. The first kappa shape index (κ1) is 12.8. The predicted molar refractivity (Wildman–Crippen MR) is 69.8 cm³/mol. The normalized spacial score (nSPS) is 18.8. The number of nitrogens with zero attached hydrogens (tertiary/aromatic N) is 3. The van der Waals surface area contributed by atoms with Crippen molar-refractivity contribution in [2.45, 2.75) is 25.7 Å². The molecule has 0 bridgehead atoms. The highest BCUT2D eigenvalue weighted by Crippen LogP contribution is 2.32. The number of carbonyl (C=O) groups is 1. The fraction of sp³-hybridized carbons (Fsp3) is 0.357. The summed E-state index contributed by atoms with van der Waals surface area (Å²) in [5, 5.41) is 3.83. The van der Waals surface area contributed by atoms with E-state index in [1.165, 1.54) is 11.0 Å². The molecule has 1 fully saturated rings. The minimum atomic E-state index is -0.402. The molecule has 0 spiro atoms. The lowest BCUT2D eigenvalue weighted by Gasteiger charge is -2.16. The Bertz CT molecular complexity index is 641. The Hall–Kier alpha value is -2.24. The molecular weight excluding hydrogens is 261 g/mol. The SMILES string of the molecule is CCc1noc([C@@H]2CC(=O)N(c3ccccc3F)C2)n1. The van der Waals surface area contributed by atoms with Crippen LogP contribution in [0.3, 0.4) is 0 Å². The molecule has 0 unspecified atom stereocenters. The van der Waals surface area contributed by atoms with E-state index < -0.39 is 5.82 Å². The van der Waals surface area contributed by atoms with Gasteiger partial charge in [-0.2, -0.15) is 4.98 Å². The van der Waals surface area contributed by atoms with Crippen LogP contribution in [0.15, 0.2) is 28.8 Å². The van der Waals surface area contributed by atoms with Crippen molar-refractivity contribution in [3.05, 3.63) is 41.8 Å². The van der Waals surface area contributed by atoms with Gasteiger partial charge in [-0.25, -0.2) is 4.39 Å². The number of carbonyl (C=O) groups excluding carboxylic acids is 1. The first-order valence-corrected chi connectivity index (χ1v) is 6.56. The molecule has 1 atom stereocenters. The lowest BCUT2D eigenvalue weighted by Crippen LogP contribution is -2.25. The molecule has 6 heteroatoms. The Labute approximate surface area is 115 Å². The Morgan fingerprint density at radius 2 is 2.25 bits per heavy atom. The molecule has 3 rings (SSSR count). The monoisotopic (exact) mass is 275 g/mol. The Kier molecular flexibility index (Phi) is 3.22. The summed E-state index contributed by atoms with van der Waals surface area (Å²) in [5.41, 5.74) is 0.301. The molecule has 0 N–H and O–H groups in total. The number of anilines is 1. The third-order valence-corrected chi connectivity index (χ3v) is 3.42. The molecule has 1 saturated heterocycles. The maximum absolute atomic E-state index is 13.8.